The van der Waals surface area contributed by atoms with Crippen molar-refractivity contribution in [1.29, 1.82) is 0 Å². The van der Waals surface area contributed by atoms with Gasteiger partial charge in [0.05, 0.1) is 0 Å². The molecular weight excluding hydrogens is 242 g/mol. The SMILES string of the molecule is Cc1ccnc(NC(=O)Cn2cccc(C)c2=O)c1. The lowest BCUT2D eigenvalue weighted by Crippen LogP contribution is -2.28. The summed E-state index contributed by atoms with van der Waals surface area (Å²) in [6, 6.07) is 7.09. The van der Waals surface area contributed by atoms with Crippen LogP contribution in [0.25, 0.3) is 0 Å². The Morgan fingerprint density at radius 1 is 1.37 bits per heavy atom. The molecule has 1 amide bonds. The number of aryl methyl sites for hydroxylation is 2. The van der Waals surface area contributed by atoms with Crippen molar-refractivity contribution in [3.8, 4) is 0 Å². The van der Waals surface area contributed by atoms with E-state index in [9.17, 15) is 9.59 Å². The van der Waals surface area contributed by atoms with Crippen LogP contribution in [0.4, 0.5) is 5.82 Å². The zero-order valence-corrected chi connectivity index (χ0v) is 10.9. The summed E-state index contributed by atoms with van der Waals surface area (Å²) in [5.41, 5.74) is 1.47. The second-order valence-corrected chi connectivity index (χ2v) is 4.39. The van der Waals surface area contributed by atoms with E-state index in [0.717, 1.165) is 5.56 Å². The Hall–Kier alpha value is -2.43. The molecule has 2 rings (SSSR count). The summed E-state index contributed by atoms with van der Waals surface area (Å²) in [6.07, 6.45) is 3.22. The summed E-state index contributed by atoms with van der Waals surface area (Å²) in [5.74, 6) is 0.219. The summed E-state index contributed by atoms with van der Waals surface area (Å²) < 4.78 is 1.38. The predicted octanol–water partition coefficient (Wildman–Crippen LogP) is 1.50. The molecule has 2 aromatic heterocycles. The van der Waals surface area contributed by atoms with Gasteiger partial charge in [0, 0.05) is 18.0 Å². The van der Waals surface area contributed by atoms with E-state index in [0.29, 0.717) is 11.4 Å². The van der Waals surface area contributed by atoms with Gasteiger partial charge in [-0.3, -0.25) is 9.59 Å². The maximum atomic E-state index is 11.8. The Balaban J connectivity index is 2.10. The number of hydrogen-bond donors (Lipinski definition) is 1. The van der Waals surface area contributed by atoms with Crippen LogP contribution in [0.1, 0.15) is 11.1 Å². The summed E-state index contributed by atoms with van der Waals surface area (Å²) in [6.45, 7) is 3.62. The molecule has 0 saturated carbocycles. The molecule has 0 aliphatic rings. The van der Waals surface area contributed by atoms with Crippen molar-refractivity contribution in [1.82, 2.24) is 9.55 Å². The highest BCUT2D eigenvalue weighted by molar-refractivity contribution is 5.89. The number of pyridine rings is 2. The van der Waals surface area contributed by atoms with Crippen LogP contribution in [-0.2, 0) is 11.3 Å². The van der Waals surface area contributed by atoms with Gasteiger partial charge in [0.2, 0.25) is 5.91 Å². The lowest BCUT2D eigenvalue weighted by molar-refractivity contribution is -0.116. The number of nitrogens with one attached hydrogen (secondary N) is 1. The second kappa shape index (κ2) is 5.48. The fraction of sp³-hybridized carbons (Fsp3) is 0.214. The number of amides is 1. The molecule has 19 heavy (non-hydrogen) atoms. The van der Waals surface area contributed by atoms with Crippen LogP contribution in [0.15, 0.2) is 41.5 Å². The van der Waals surface area contributed by atoms with Gasteiger partial charge >= 0.3 is 0 Å². The van der Waals surface area contributed by atoms with Crippen molar-refractivity contribution < 1.29 is 4.79 Å². The molecule has 2 aromatic rings. The van der Waals surface area contributed by atoms with Gasteiger partial charge in [-0.25, -0.2) is 4.98 Å². The smallest absolute Gasteiger partial charge is 0.253 e. The molecule has 2 heterocycles. The van der Waals surface area contributed by atoms with Gasteiger partial charge in [-0.15, -0.1) is 0 Å². The molecule has 0 aliphatic carbocycles. The van der Waals surface area contributed by atoms with Crippen LogP contribution in [-0.4, -0.2) is 15.5 Å². The molecule has 5 heteroatoms. The Bertz CT molecular complexity index is 662. The molecule has 0 aliphatic heterocycles. The van der Waals surface area contributed by atoms with E-state index in [1.165, 1.54) is 4.57 Å². The van der Waals surface area contributed by atoms with E-state index in [1.807, 2.05) is 13.0 Å². The second-order valence-electron chi connectivity index (χ2n) is 4.39. The number of aromatic nitrogens is 2. The molecule has 1 N–H and O–H groups in total. The number of rotatable bonds is 3. The highest BCUT2D eigenvalue weighted by Gasteiger charge is 2.06. The topological polar surface area (TPSA) is 64.0 Å². The van der Waals surface area contributed by atoms with Gasteiger partial charge in [-0.2, -0.15) is 0 Å². The van der Waals surface area contributed by atoms with Crippen molar-refractivity contribution in [2.24, 2.45) is 0 Å². The van der Waals surface area contributed by atoms with Crippen LogP contribution >= 0.6 is 0 Å². The normalized spacial score (nSPS) is 10.2. The largest absolute Gasteiger partial charge is 0.309 e. The zero-order valence-electron chi connectivity index (χ0n) is 10.9. The third-order valence-electron chi connectivity index (χ3n) is 2.71. The van der Waals surface area contributed by atoms with Gasteiger partial charge in [-0.05, 0) is 37.6 Å². The highest BCUT2D eigenvalue weighted by atomic mass is 16.2. The number of nitrogens with zero attached hydrogens (tertiary/aromatic N) is 2. The third-order valence-corrected chi connectivity index (χ3v) is 2.71. The van der Waals surface area contributed by atoms with Crippen LogP contribution in [0, 0.1) is 13.8 Å². The molecule has 98 valence electrons. The minimum Gasteiger partial charge on any atom is -0.309 e. The molecule has 0 spiro atoms. The lowest BCUT2D eigenvalue weighted by Gasteiger charge is -2.07. The first-order valence-corrected chi connectivity index (χ1v) is 5.95. The van der Waals surface area contributed by atoms with Crippen molar-refractivity contribution in [2.45, 2.75) is 20.4 Å². The van der Waals surface area contributed by atoms with Crippen LogP contribution in [0.3, 0.4) is 0 Å². The Labute approximate surface area is 110 Å². The molecule has 0 radical (unpaired) electrons. The molecule has 0 fully saturated rings. The molecule has 0 saturated heterocycles. The van der Waals surface area contributed by atoms with Crippen LogP contribution in [0.5, 0.6) is 0 Å². The monoisotopic (exact) mass is 257 g/mol. The first-order valence-electron chi connectivity index (χ1n) is 5.95. The summed E-state index contributed by atoms with van der Waals surface area (Å²) >= 11 is 0. The molecule has 0 bridgehead atoms. The maximum absolute atomic E-state index is 11.8. The number of carbonyl (C=O) groups is 1. The van der Waals surface area contributed by atoms with Gasteiger partial charge in [0.15, 0.2) is 0 Å². The molecule has 0 atom stereocenters. The zero-order chi connectivity index (χ0) is 13.8. The summed E-state index contributed by atoms with van der Waals surface area (Å²) in [4.78, 5) is 27.7. The molecule has 0 aromatic carbocycles. The van der Waals surface area contributed by atoms with Gasteiger partial charge < -0.3 is 9.88 Å². The van der Waals surface area contributed by atoms with Crippen molar-refractivity contribution >= 4 is 11.7 Å². The molecular formula is C14H15N3O2. The fourth-order valence-corrected chi connectivity index (χ4v) is 1.72. The average molecular weight is 257 g/mol. The fourth-order valence-electron chi connectivity index (χ4n) is 1.72. The van der Waals surface area contributed by atoms with Crippen LogP contribution in [0.2, 0.25) is 0 Å². The lowest BCUT2D eigenvalue weighted by atomic mass is 10.3. The maximum Gasteiger partial charge on any atom is 0.253 e. The van der Waals surface area contributed by atoms with E-state index in [-0.39, 0.29) is 18.0 Å². The molecule has 5 nitrogen and oxygen atoms in total. The number of carbonyl (C=O) groups excluding carboxylic acids is 1. The van der Waals surface area contributed by atoms with Crippen molar-refractivity contribution in [3.63, 3.8) is 0 Å². The van der Waals surface area contributed by atoms with Gasteiger partial charge in [0.25, 0.3) is 5.56 Å². The summed E-state index contributed by atoms with van der Waals surface area (Å²) in [5, 5.41) is 2.67. The quantitative estimate of drug-likeness (QED) is 0.906. The standard InChI is InChI=1S/C14H15N3O2/c1-10-5-6-15-12(8-10)16-13(18)9-17-7-3-4-11(2)14(17)19/h3-8H,9H2,1-2H3,(H,15,16,18). The number of hydrogen-bond acceptors (Lipinski definition) is 3. The van der Waals surface area contributed by atoms with Crippen molar-refractivity contribution in [2.75, 3.05) is 5.32 Å². The third kappa shape index (κ3) is 3.28. The van der Waals surface area contributed by atoms with E-state index < -0.39 is 0 Å². The summed E-state index contributed by atoms with van der Waals surface area (Å²) in [7, 11) is 0. The minimum absolute atomic E-state index is 0.0177. The van der Waals surface area contributed by atoms with Crippen LogP contribution < -0.4 is 10.9 Å². The van der Waals surface area contributed by atoms with Gasteiger partial charge in [-0.1, -0.05) is 6.07 Å². The first kappa shape index (κ1) is 13.0. The highest BCUT2D eigenvalue weighted by Crippen LogP contribution is 2.05. The Kier molecular flexibility index (Phi) is 3.75. The van der Waals surface area contributed by atoms with E-state index in [4.69, 9.17) is 0 Å². The average Bonchev–Trinajstić information content (AvgIpc) is 2.35. The van der Waals surface area contributed by atoms with Crippen molar-refractivity contribution in [3.05, 3.63) is 58.1 Å². The van der Waals surface area contributed by atoms with Gasteiger partial charge in [0.1, 0.15) is 12.4 Å². The Morgan fingerprint density at radius 3 is 2.89 bits per heavy atom. The van der Waals surface area contributed by atoms with E-state index in [2.05, 4.69) is 10.3 Å². The van der Waals surface area contributed by atoms with E-state index in [1.54, 1.807) is 37.5 Å². The minimum atomic E-state index is -0.272. The number of anilines is 1. The van der Waals surface area contributed by atoms with E-state index >= 15 is 0 Å². The molecule has 0 unspecified atom stereocenters. The Morgan fingerprint density at radius 2 is 2.16 bits per heavy atom. The predicted molar refractivity (Wildman–Crippen MR) is 73.0 cm³/mol. The first-order chi connectivity index (χ1) is 9.06.